The molecule has 0 aliphatic carbocycles. The summed E-state index contributed by atoms with van der Waals surface area (Å²) in [4.78, 5) is 34.0. The number of esters is 1. The molecule has 1 aromatic carbocycles. The Labute approximate surface area is 134 Å². The van der Waals surface area contributed by atoms with Gasteiger partial charge >= 0.3 is 5.97 Å². The Balaban J connectivity index is 2.38. The van der Waals surface area contributed by atoms with Crippen LogP contribution in [0.3, 0.4) is 0 Å². The van der Waals surface area contributed by atoms with E-state index in [1.807, 2.05) is 0 Å². The van der Waals surface area contributed by atoms with Gasteiger partial charge in [-0.2, -0.15) is 0 Å². The number of fused-ring (bicyclic) bond motifs is 1. The van der Waals surface area contributed by atoms with E-state index < -0.39 is 17.5 Å². The molecule has 0 saturated heterocycles. The minimum Gasteiger partial charge on any atom is -0.459 e. The van der Waals surface area contributed by atoms with E-state index in [0.29, 0.717) is 16.7 Å². The SMILES string of the molecule is CC(C)(C)OC(=O)CN(C(=O)CN)c1cccc2nccnc12. The van der Waals surface area contributed by atoms with Crippen LogP contribution in [0.25, 0.3) is 11.0 Å². The second kappa shape index (κ2) is 6.70. The fraction of sp³-hybridized carbons (Fsp3) is 0.375. The molecule has 2 aromatic rings. The molecular weight excluding hydrogens is 296 g/mol. The fourth-order valence-electron chi connectivity index (χ4n) is 2.12. The Bertz CT molecular complexity index is 719. The number of hydrogen-bond donors (Lipinski definition) is 1. The van der Waals surface area contributed by atoms with E-state index in [2.05, 4.69) is 9.97 Å². The summed E-state index contributed by atoms with van der Waals surface area (Å²) < 4.78 is 5.29. The van der Waals surface area contributed by atoms with Crippen LogP contribution in [0.1, 0.15) is 20.8 Å². The Morgan fingerprint density at radius 3 is 2.57 bits per heavy atom. The van der Waals surface area contributed by atoms with E-state index in [1.165, 1.54) is 11.1 Å². The van der Waals surface area contributed by atoms with Crippen molar-refractivity contribution in [2.24, 2.45) is 5.73 Å². The number of aromatic nitrogens is 2. The Morgan fingerprint density at radius 1 is 1.22 bits per heavy atom. The van der Waals surface area contributed by atoms with Gasteiger partial charge in [-0.05, 0) is 32.9 Å². The Hall–Kier alpha value is -2.54. The maximum absolute atomic E-state index is 12.2. The monoisotopic (exact) mass is 316 g/mol. The lowest BCUT2D eigenvalue weighted by molar-refractivity contribution is -0.153. The first-order chi connectivity index (χ1) is 10.8. The van der Waals surface area contributed by atoms with Gasteiger partial charge in [-0.3, -0.25) is 24.5 Å². The summed E-state index contributed by atoms with van der Waals surface area (Å²) in [5.41, 5.74) is 6.49. The van der Waals surface area contributed by atoms with Crippen molar-refractivity contribution in [3.05, 3.63) is 30.6 Å². The van der Waals surface area contributed by atoms with E-state index in [9.17, 15) is 9.59 Å². The molecule has 0 fully saturated rings. The minimum atomic E-state index is -0.632. The third kappa shape index (κ3) is 4.23. The third-order valence-electron chi connectivity index (χ3n) is 2.95. The zero-order chi connectivity index (χ0) is 17.0. The summed E-state index contributed by atoms with van der Waals surface area (Å²) in [5, 5.41) is 0. The molecule has 0 spiro atoms. The lowest BCUT2D eigenvalue weighted by Gasteiger charge is -2.25. The molecule has 0 aliphatic rings. The lowest BCUT2D eigenvalue weighted by atomic mass is 10.2. The molecule has 122 valence electrons. The van der Waals surface area contributed by atoms with Crippen LogP contribution in [-0.4, -0.2) is 40.5 Å². The van der Waals surface area contributed by atoms with Crippen LogP contribution < -0.4 is 10.6 Å². The van der Waals surface area contributed by atoms with Crippen molar-refractivity contribution in [1.82, 2.24) is 9.97 Å². The normalized spacial score (nSPS) is 11.3. The smallest absolute Gasteiger partial charge is 0.326 e. The zero-order valence-corrected chi connectivity index (χ0v) is 13.4. The zero-order valence-electron chi connectivity index (χ0n) is 13.4. The number of ether oxygens (including phenoxy) is 1. The van der Waals surface area contributed by atoms with Gasteiger partial charge in [0.1, 0.15) is 17.7 Å². The van der Waals surface area contributed by atoms with Crippen molar-refractivity contribution < 1.29 is 14.3 Å². The highest BCUT2D eigenvalue weighted by Gasteiger charge is 2.24. The molecule has 7 nitrogen and oxygen atoms in total. The molecule has 1 aromatic heterocycles. The van der Waals surface area contributed by atoms with Crippen LogP contribution in [0.4, 0.5) is 5.69 Å². The molecule has 2 rings (SSSR count). The number of carbonyl (C=O) groups is 2. The molecule has 0 aliphatic heterocycles. The standard InChI is InChI=1S/C16H20N4O3/c1-16(2,3)23-14(22)10-20(13(21)9-17)12-6-4-5-11-15(12)19-8-7-18-11/h4-8H,9-10,17H2,1-3H3. The van der Waals surface area contributed by atoms with Crippen molar-refractivity contribution in [1.29, 1.82) is 0 Å². The second-order valence-corrected chi connectivity index (χ2v) is 5.97. The number of hydrogen-bond acceptors (Lipinski definition) is 6. The summed E-state index contributed by atoms with van der Waals surface area (Å²) in [6, 6.07) is 5.23. The second-order valence-electron chi connectivity index (χ2n) is 5.97. The van der Waals surface area contributed by atoms with Crippen LogP contribution in [0.2, 0.25) is 0 Å². The highest BCUT2D eigenvalue weighted by molar-refractivity contribution is 6.04. The number of nitrogens with zero attached hydrogens (tertiary/aromatic N) is 3. The molecule has 2 N–H and O–H groups in total. The predicted octanol–water partition coefficient (Wildman–Crippen LogP) is 1.26. The van der Waals surface area contributed by atoms with Gasteiger partial charge in [-0.25, -0.2) is 0 Å². The number of rotatable bonds is 4. The van der Waals surface area contributed by atoms with Gasteiger partial charge in [-0.15, -0.1) is 0 Å². The summed E-state index contributed by atoms with van der Waals surface area (Å²) in [5.74, 6) is -0.908. The first-order valence-corrected chi connectivity index (χ1v) is 7.24. The largest absolute Gasteiger partial charge is 0.459 e. The molecule has 0 radical (unpaired) electrons. The molecule has 23 heavy (non-hydrogen) atoms. The number of benzene rings is 1. The van der Waals surface area contributed by atoms with Crippen molar-refractivity contribution in [3.8, 4) is 0 Å². The number of nitrogens with two attached hydrogens (primary N) is 1. The van der Waals surface area contributed by atoms with Crippen LogP contribution >= 0.6 is 0 Å². The maximum Gasteiger partial charge on any atom is 0.326 e. The number of anilines is 1. The minimum absolute atomic E-state index is 0.223. The summed E-state index contributed by atoms with van der Waals surface area (Å²) >= 11 is 0. The van der Waals surface area contributed by atoms with E-state index in [-0.39, 0.29) is 13.1 Å². The molecule has 7 heteroatoms. The maximum atomic E-state index is 12.2. The quantitative estimate of drug-likeness (QED) is 0.853. The molecule has 0 unspecified atom stereocenters. The summed E-state index contributed by atoms with van der Waals surface area (Å²) in [7, 11) is 0. The Kier molecular flexibility index (Phi) is 4.90. The van der Waals surface area contributed by atoms with Crippen molar-refractivity contribution in [3.63, 3.8) is 0 Å². The number of carbonyl (C=O) groups excluding carboxylic acids is 2. The average Bonchev–Trinajstić information content (AvgIpc) is 2.50. The van der Waals surface area contributed by atoms with Gasteiger partial charge in [0.05, 0.1) is 17.7 Å². The summed E-state index contributed by atoms with van der Waals surface area (Å²) in [6.45, 7) is 4.85. The molecule has 0 atom stereocenters. The first kappa shape index (κ1) is 16.8. The molecule has 1 heterocycles. The number of para-hydroxylation sites is 1. The van der Waals surface area contributed by atoms with Gasteiger partial charge < -0.3 is 10.5 Å². The predicted molar refractivity (Wildman–Crippen MR) is 86.8 cm³/mol. The van der Waals surface area contributed by atoms with Crippen LogP contribution in [-0.2, 0) is 14.3 Å². The molecule has 0 saturated carbocycles. The van der Waals surface area contributed by atoms with Crippen molar-refractivity contribution in [2.45, 2.75) is 26.4 Å². The highest BCUT2D eigenvalue weighted by Crippen LogP contribution is 2.24. The first-order valence-electron chi connectivity index (χ1n) is 7.24. The van der Waals surface area contributed by atoms with Gasteiger partial charge in [-0.1, -0.05) is 6.07 Å². The van der Waals surface area contributed by atoms with Crippen LogP contribution in [0.15, 0.2) is 30.6 Å². The summed E-state index contributed by atoms with van der Waals surface area (Å²) in [6.07, 6.45) is 3.10. The number of amides is 1. The molecule has 0 bridgehead atoms. The van der Waals surface area contributed by atoms with E-state index in [0.717, 1.165) is 0 Å². The lowest BCUT2D eigenvalue weighted by Crippen LogP contribution is -2.42. The van der Waals surface area contributed by atoms with Crippen molar-refractivity contribution in [2.75, 3.05) is 18.0 Å². The van der Waals surface area contributed by atoms with Crippen LogP contribution in [0.5, 0.6) is 0 Å². The van der Waals surface area contributed by atoms with Crippen LogP contribution in [0, 0.1) is 0 Å². The van der Waals surface area contributed by atoms with Gasteiger partial charge in [0.2, 0.25) is 5.91 Å². The highest BCUT2D eigenvalue weighted by atomic mass is 16.6. The van der Waals surface area contributed by atoms with Gasteiger partial charge in [0.15, 0.2) is 0 Å². The van der Waals surface area contributed by atoms with Gasteiger partial charge in [0.25, 0.3) is 0 Å². The fourth-order valence-corrected chi connectivity index (χ4v) is 2.12. The Morgan fingerprint density at radius 2 is 1.91 bits per heavy atom. The topological polar surface area (TPSA) is 98.4 Å². The third-order valence-corrected chi connectivity index (χ3v) is 2.95. The molecular formula is C16H20N4O3. The molecule has 1 amide bonds. The van der Waals surface area contributed by atoms with Crippen molar-refractivity contribution >= 4 is 28.6 Å². The van der Waals surface area contributed by atoms with E-state index in [1.54, 1.807) is 45.2 Å². The van der Waals surface area contributed by atoms with Gasteiger partial charge in [0, 0.05) is 12.4 Å². The van der Waals surface area contributed by atoms with E-state index >= 15 is 0 Å². The average molecular weight is 316 g/mol. The van der Waals surface area contributed by atoms with E-state index in [4.69, 9.17) is 10.5 Å².